The van der Waals surface area contributed by atoms with Crippen LogP contribution in [0.3, 0.4) is 0 Å². The summed E-state index contributed by atoms with van der Waals surface area (Å²) in [5.74, 6) is -0.0386. The van der Waals surface area contributed by atoms with Crippen LogP contribution in [-0.4, -0.2) is 16.0 Å². The molecule has 0 saturated heterocycles. The fourth-order valence-electron chi connectivity index (χ4n) is 2.33. The highest BCUT2D eigenvalue weighted by Gasteiger charge is 2.23. The van der Waals surface area contributed by atoms with E-state index in [4.69, 9.17) is 4.52 Å². The molecular formula is C17H16FN3O2S. The Balaban J connectivity index is 1.83. The predicted molar refractivity (Wildman–Crippen MR) is 90.8 cm³/mol. The minimum Gasteiger partial charge on any atom is -0.360 e. The Hall–Kier alpha value is -2.54. The summed E-state index contributed by atoms with van der Waals surface area (Å²) in [5.41, 5.74) is 2.25. The van der Waals surface area contributed by atoms with Gasteiger partial charge in [0.25, 0.3) is 5.91 Å². The largest absolute Gasteiger partial charge is 0.360 e. The maximum Gasteiger partial charge on any atom is 0.262 e. The minimum absolute atomic E-state index is 0.0473. The second kappa shape index (κ2) is 6.52. The standard InChI is InChI=1S/C17H16FN3O2S/c1-9(2)15-14(10(3)21-23-15)16(22)20-17-19-13(8-24-17)11-5-4-6-12(18)7-11/h4-9H,1-3H3,(H,19,20,22). The highest BCUT2D eigenvalue weighted by atomic mass is 32.1. The van der Waals surface area contributed by atoms with Crippen LogP contribution in [0.1, 0.15) is 41.6 Å². The maximum atomic E-state index is 13.3. The molecule has 1 aromatic carbocycles. The molecular weight excluding hydrogens is 329 g/mol. The number of aromatic nitrogens is 2. The van der Waals surface area contributed by atoms with Gasteiger partial charge in [0.2, 0.25) is 0 Å². The normalized spacial score (nSPS) is 11.0. The van der Waals surface area contributed by atoms with Crippen molar-refractivity contribution in [2.45, 2.75) is 26.7 Å². The Morgan fingerprint density at radius 1 is 1.38 bits per heavy atom. The number of anilines is 1. The summed E-state index contributed by atoms with van der Waals surface area (Å²) in [4.78, 5) is 16.9. The molecule has 0 unspecified atom stereocenters. The first-order valence-corrected chi connectivity index (χ1v) is 8.32. The third-order valence-corrected chi connectivity index (χ3v) is 4.24. The van der Waals surface area contributed by atoms with Crippen LogP contribution in [0, 0.1) is 12.7 Å². The minimum atomic E-state index is -0.326. The first-order chi connectivity index (χ1) is 11.5. The van der Waals surface area contributed by atoms with Gasteiger partial charge in [-0.25, -0.2) is 9.37 Å². The van der Waals surface area contributed by atoms with E-state index in [9.17, 15) is 9.18 Å². The molecule has 5 nitrogen and oxygen atoms in total. The van der Waals surface area contributed by atoms with Crippen molar-refractivity contribution in [1.82, 2.24) is 10.1 Å². The molecule has 7 heteroatoms. The third kappa shape index (κ3) is 3.21. The lowest BCUT2D eigenvalue weighted by atomic mass is 10.0. The van der Waals surface area contributed by atoms with Crippen molar-refractivity contribution < 1.29 is 13.7 Å². The molecule has 3 rings (SSSR count). The number of hydrogen-bond donors (Lipinski definition) is 1. The number of hydrogen-bond acceptors (Lipinski definition) is 5. The number of carbonyl (C=O) groups is 1. The van der Waals surface area contributed by atoms with E-state index in [-0.39, 0.29) is 17.6 Å². The molecule has 0 atom stereocenters. The average molecular weight is 345 g/mol. The zero-order valence-corrected chi connectivity index (χ0v) is 14.3. The van der Waals surface area contributed by atoms with E-state index in [1.165, 1.54) is 23.5 Å². The van der Waals surface area contributed by atoms with Crippen LogP contribution in [0.15, 0.2) is 34.2 Å². The van der Waals surface area contributed by atoms with Crippen molar-refractivity contribution in [1.29, 1.82) is 0 Å². The molecule has 1 amide bonds. The van der Waals surface area contributed by atoms with E-state index in [2.05, 4.69) is 15.5 Å². The lowest BCUT2D eigenvalue weighted by Crippen LogP contribution is -2.14. The fraction of sp³-hybridized carbons (Fsp3) is 0.235. The van der Waals surface area contributed by atoms with Gasteiger partial charge in [-0.15, -0.1) is 11.3 Å². The zero-order valence-electron chi connectivity index (χ0n) is 13.5. The second-order valence-corrected chi connectivity index (χ2v) is 6.52. The van der Waals surface area contributed by atoms with E-state index < -0.39 is 0 Å². The molecule has 1 N–H and O–H groups in total. The van der Waals surface area contributed by atoms with Crippen molar-refractivity contribution in [2.24, 2.45) is 0 Å². The van der Waals surface area contributed by atoms with Gasteiger partial charge in [0.15, 0.2) is 10.9 Å². The van der Waals surface area contributed by atoms with E-state index in [0.717, 1.165) is 0 Å². The number of nitrogens with zero attached hydrogens (tertiary/aromatic N) is 2. The van der Waals surface area contributed by atoms with Crippen LogP contribution in [0.25, 0.3) is 11.3 Å². The van der Waals surface area contributed by atoms with Gasteiger partial charge in [-0.3, -0.25) is 10.1 Å². The van der Waals surface area contributed by atoms with Crippen molar-refractivity contribution in [3.63, 3.8) is 0 Å². The highest BCUT2D eigenvalue weighted by Crippen LogP contribution is 2.27. The predicted octanol–water partition coefficient (Wildman–Crippen LogP) is 4.62. The number of amides is 1. The Bertz CT molecular complexity index is 886. The molecule has 124 valence electrons. The van der Waals surface area contributed by atoms with Gasteiger partial charge >= 0.3 is 0 Å². The lowest BCUT2D eigenvalue weighted by Gasteiger charge is -2.04. The van der Waals surface area contributed by atoms with E-state index >= 15 is 0 Å². The third-order valence-electron chi connectivity index (χ3n) is 3.49. The molecule has 0 saturated carbocycles. The molecule has 0 aliphatic carbocycles. The fourth-order valence-corrected chi connectivity index (χ4v) is 3.04. The maximum absolute atomic E-state index is 13.3. The Labute approximate surface area is 142 Å². The van der Waals surface area contributed by atoms with Crippen molar-refractivity contribution >= 4 is 22.4 Å². The smallest absolute Gasteiger partial charge is 0.262 e. The molecule has 0 bridgehead atoms. The van der Waals surface area contributed by atoms with E-state index in [0.29, 0.717) is 33.4 Å². The van der Waals surface area contributed by atoms with Crippen molar-refractivity contribution in [3.8, 4) is 11.3 Å². The molecule has 0 aliphatic rings. The number of aryl methyl sites for hydroxylation is 1. The Morgan fingerprint density at radius 3 is 2.88 bits per heavy atom. The summed E-state index contributed by atoms with van der Waals surface area (Å²) in [6.07, 6.45) is 0. The van der Waals surface area contributed by atoms with Gasteiger partial charge < -0.3 is 4.52 Å². The summed E-state index contributed by atoms with van der Waals surface area (Å²) in [7, 11) is 0. The SMILES string of the molecule is Cc1noc(C(C)C)c1C(=O)Nc1nc(-c2cccc(F)c2)cs1. The number of rotatable bonds is 4. The average Bonchev–Trinajstić information content (AvgIpc) is 3.14. The molecule has 0 radical (unpaired) electrons. The molecule has 0 aliphatic heterocycles. The highest BCUT2D eigenvalue weighted by molar-refractivity contribution is 7.14. The van der Waals surface area contributed by atoms with Crippen molar-refractivity contribution in [3.05, 3.63) is 52.5 Å². The first-order valence-electron chi connectivity index (χ1n) is 7.44. The molecule has 24 heavy (non-hydrogen) atoms. The number of thiazole rings is 1. The summed E-state index contributed by atoms with van der Waals surface area (Å²) >= 11 is 1.28. The van der Waals surface area contributed by atoms with Crippen LogP contribution in [-0.2, 0) is 0 Å². The summed E-state index contributed by atoms with van der Waals surface area (Å²) < 4.78 is 18.5. The van der Waals surface area contributed by atoms with Gasteiger partial charge in [-0.1, -0.05) is 31.1 Å². The van der Waals surface area contributed by atoms with Crippen LogP contribution >= 0.6 is 11.3 Å². The molecule has 3 aromatic rings. The van der Waals surface area contributed by atoms with E-state index in [1.54, 1.807) is 24.4 Å². The number of benzene rings is 1. The van der Waals surface area contributed by atoms with Gasteiger partial charge in [0.05, 0.1) is 11.4 Å². The summed E-state index contributed by atoms with van der Waals surface area (Å²) in [6.45, 7) is 5.59. The number of carbonyl (C=O) groups excluding carboxylic acids is 1. The molecule has 2 aromatic heterocycles. The van der Waals surface area contributed by atoms with Gasteiger partial charge in [-0.2, -0.15) is 0 Å². The number of halogens is 1. The Morgan fingerprint density at radius 2 is 2.17 bits per heavy atom. The van der Waals surface area contributed by atoms with Gasteiger partial charge in [0, 0.05) is 16.9 Å². The second-order valence-electron chi connectivity index (χ2n) is 5.66. The number of nitrogens with one attached hydrogen (secondary N) is 1. The molecule has 0 fully saturated rings. The van der Waals surface area contributed by atoms with Crippen LogP contribution in [0.4, 0.5) is 9.52 Å². The quantitative estimate of drug-likeness (QED) is 0.749. The van der Waals surface area contributed by atoms with Crippen LogP contribution in [0.2, 0.25) is 0 Å². The Kier molecular flexibility index (Phi) is 4.44. The molecule has 0 spiro atoms. The van der Waals surface area contributed by atoms with Crippen LogP contribution < -0.4 is 5.32 Å². The monoisotopic (exact) mass is 345 g/mol. The van der Waals surface area contributed by atoms with Gasteiger partial charge in [0.1, 0.15) is 11.4 Å². The van der Waals surface area contributed by atoms with Gasteiger partial charge in [-0.05, 0) is 19.1 Å². The van der Waals surface area contributed by atoms with Crippen molar-refractivity contribution in [2.75, 3.05) is 5.32 Å². The summed E-state index contributed by atoms with van der Waals surface area (Å²) in [6, 6.07) is 6.17. The van der Waals surface area contributed by atoms with Crippen LogP contribution in [0.5, 0.6) is 0 Å². The first kappa shape index (κ1) is 16.3. The summed E-state index contributed by atoms with van der Waals surface area (Å²) in [5, 5.41) is 8.84. The lowest BCUT2D eigenvalue weighted by molar-refractivity contribution is 0.102. The topological polar surface area (TPSA) is 68.0 Å². The molecule has 2 heterocycles. The zero-order chi connectivity index (χ0) is 17.3. The van der Waals surface area contributed by atoms with E-state index in [1.807, 2.05) is 13.8 Å².